The Morgan fingerprint density at radius 1 is 1.55 bits per heavy atom. The molecule has 0 radical (unpaired) electrons. The molecule has 1 aromatic heterocycles. The van der Waals surface area contributed by atoms with Crippen LogP contribution in [0.15, 0.2) is 27.8 Å². The van der Waals surface area contributed by atoms with Gasteiger partial charge in [-0.3, -0.25) is 4.98 Å². The summed E-state index contributed by atoms with van der Waals surface area (Å²) in [4.78, 5) is 3.61. The highest BCUT2D eigenvalue weighted by Crippen LogP contribution is 2.22. The van der Waals surface area contributed by atoms with Crippen LogP contribution in [0.5, 0.6) is 0 Å². The van der Waals surface area contributed by atoms with Crippen molar-refractivity contribution in [1.29, 1.82) is 0 Å². The Morgan fingerprint density at radius 2 is 2.18 bits per heavy atom. The summed E-state index contributed by atoms with van der Waals surface area (Å²) in [6, 6.07) is 1.51. The maximum Gasteiger partial charge on any atom is 0.263 e. The summed E-state index contributed by atoms with van der Waals surface area (Å²) in [6.07, 6.45) is 2.65. The Balaban J connectivity index is 3.37. The molecule has 1 rings (SSSR count). The molecule has 6 heteroatoms. The molecule has 0 aliphatic carbocycles. The zero-order valence-electron chi connectivity index (χ0n) is 5.16. The van der Waals surface area contributed by atoms with Crippen molar-refractivity contribution in [3.63, 3.8) is 0 Å². The van der Waals surface area contributed by atoms with Gasteiger partial charge in [0.1, 0.15) is 4.90 Å². The van der Waals surface area contributed by atoms with Gasteiger partial charge in [0.15, 0.2) is 0 Å². The van der Waals surface area contributed by atoms with Crippen LogP contribution >= 0.6 is 26.6 Å². The van der Waals surface area contributed by atoms with Crippen LogP contribution in [0.1, 0.15) is 0 Å². The molecule has 0 spiro atoms. The molecular weight excluding hydrogens is 253 g/mol. The predicted molar refractivity (Wildman–Crippen MR) is 45.0 cm³/mol. The lowest BCUT2D eigenvalue weighted by atomic mass is 10.5. The van der Waals surface area contributed by atoms with Crippen LogP contribution in [0.25, 0.3) is 0 Å². The first kappa shape index (κ1) is 8.96. The fourth-order valence-electron chi connectivity index (χ4n) is 0.542. The van der Waals surface area contributed by atoms with E-state index in [0.29, 0.717) is 4.47 Å². The van der Waals surface area contributed by atoms with Crippen molar-refractivity contribution < 1.29 is 8.42 Å². The molecule has 3 nitrogen and oxygen atoms in total. The Bertz CT molecular complexity index is 365. The molecule has 0 N–H and O–H groups in total. The van der Waals surface area contributed by atoms with Gasteiger partial charge in [-0.15, -0.1) is 0 Å². The minimum absolute atomic E-state index is 0.0123. The number of aromatic nitrogens is 1. The van der Waals surface area contributed by atoms with E-state index < -0.39 is 9.05 Å². The van der Waals surface area contributed by atoms with Crippen molar-refractivity contribution in [3.05, 3.63) is 22.9 Å². The van der Waals surface area contributed by atoms with Gasteiger partial charge in [-0.1, -0.05) is 0 Å². The SMILES string of the molecule is O=S(=O)(Cl)c1cnccc1Br. The summed E-state index contributed by atoms with van der Waals surface area (Å²) in [5.41, 5.74) is 0. The van der Waals surface area contributed by atoms with Crippen molar-refractivity contribution in [2.24, 2.45) is 0 Å². The van der Waals surface area contributed by atoms with E-state index in [4.69, 9.17) is 10.7 Å². The second kappa shape index (κ2) is 3.08. The van der Waals surface area contributed by atoms with E-state index in [1.54, 1.807) is 0 Å². The van der Waals surface area contributed by atoms with E-state index >= 15 is 0 Å². The zero-order valence-corrected chi connectivity index (χ0v) is 8.32. The molecule has 0 atom stereocenters. The highest BCUT2D eigenvalue weighted by Gasteiger charge is 2.13. The van der Waals surface area contributed by atoms with Crippen LogP contribution in [-0.2, 0) is 9.05 Å². The molecule has 0 fully saturated rings. The van der Waals surface area contributed by atoms with Crippen molar-refractivity contribution >= 4 is 35.7 Å². The quantitative estimate of drug-likeness (QED) is 0.720. The van der Waals surface area contributed by atoms with Crippen LogP contribution in [0, 0.1) is 0 Å². The molecule has 0 aliphatic rings. The van der Waals surface area contributed by atoms with E-state index in [2.05, 4.69) is 20.9 Å². The number of pyridine rings is 1. The first-order valence-electron chi connectivity index (χ1n) is 2.56. The van der Waals surface area contributed by atoms with Gasteiger partial charge in [-0.05, 0) is 22.0 Å². The highest BCUT2D eigenvalue weighted by atomic mass is 79.9. The van der Waals surface area contributed by atoms with E-state index in [1.807, 2.05) is 0 Å². The lowest BCUT2D eigenvalue weighted by molar-refractivity contribution is 0.608. The summed E-state index contributed by atoms with van der Waals surface area (Å²) in [7, 11) is 1.40. The topological polar surface area (TPSA) is 47.0 Å². The van der Waals surface area contributed by atoms with Gasteiger partial charge in [0, 0.05) is 27.5 Å². The van der Waals surface area contributed by atoms with Crippen molar-refractivity contribution in [3.8, 4) is 0 Å². The average Bonchev–Trinajstić information content (AvgIpc) is 1.86. The summed E-state index contributed by atoms with van der Waals surface area (Å²) in [5.74, 6) is 0. The van der Waals surface area contributed by atoms with Crippen LogP contribution in [0.3, 0.4) is 0 Å². The molecule has 11 heavy (non-hydrogen) atoms. The Morgan fingerprint density at radius 3 is 2.55 bits per heavy atom. The first-order valence-corrected chi connectivity index (χ1v) is 5.66. The van der Waals surface area contributed by atoms with E-state index in [1.165, 1.54) is 18.5 Å². The van der Waals surface area contributed by atoms with Gasteiger partial charge in [0.2, 0.25) is 0 Å². The van der Waals surface area contributed by atoms with Gasteiger partial charge in [0.05, 0.1) is 0 Å². The Labute approximate surface area is 77.0 Å². The second-order valence-electron chi connectivity index (χ2n) is 1.74. The van der Waals surface area contributed by atoms with Gasteiger partial charge >= 0.3 is 0 Å². The van der Waals surface area contributed by atoms with Crippen LogP contribution in [-0.4, -0.2) is 13.4 Å². The molecule has 0 aromatic carbocycles. The largest absolute Gasteiger partial charge is 0.263 e. The summed E-state index contributed by atoms with van der Waals surface area (Å²) in [6.45, 7) is 0. The van der Waals surface area contributed by atoms with Crippen molar-refractivity contribution in [1.82, 2.24) is 4.98 Å². The molecule has 0 amide bonds. The van der Waals surface area contributed by atoms with E-state index in [0.717, 1.165) is 0 Å². The molecule has 0 unspecified atom stereocenters. The van der Waals surface area contributed by atoms with Crippen LogP contribution < -0.4 is 0 Å². The van der Waals surface area contributed by atoms with E-state index in [9.17, 15) is 8.42 Å². The second-order valence-corrected chi connectivity index (χ2v) is 5.13. The molecule has 0 saturated carbocycles. The number of hydrogen-bond donors (Lipinski definition) is 0. The maximum absolute atomic E-state index is 10.7. The Hall–Kier alpha value is -0.130. The number of nitrogens with zero attached hydrogens (tertiary/aromatic N) is 1. The van der Waals surface area contributed by atoms with Gasteiger partial charge in [-0.2, -0.15) is 0 Å². The molecule has 0 bridgehead atoms. The number of halogens is 2. The fourth-order valence-corrected chi connectivity index (χ4v) is 2.54. The maximum atomic E-state index is 10.7. The zero-order chi connectivity index (χ0) is 8.48. The molecule has 1 heterocycles. The first-order chi connectivity index (χ1) is 5.02. The third kappa shape index (κ3) is 2.15. The number of hydrogen-bond acceptors (Lipinski definition) is 3. The predicted octanol–water partition coefficient (Wildman–Crippen LogP) is 1.77. The van der Waals surface area contributed by atoms with E-state index in [-0.39, 0.29) is 4.90 Å². The van der Waals surface area contributed by atoms with Gasteiger partial charge < -0.3 is 0 Å². The molecule has 1 aromatic rings. The van der Waals surface area contributed by atoms with Crippen LogP contribution in [0.2, 0.25) is 0 Å². The van der Waals surface area contributed by atoms with Crippen LogP contribution in [0.4, 0.5) is 0 Å². The summed E-state index contributed by atoms with van der Waals surface area (Å²) < 4.78 is 21.9. The summed E-state index contributed by atoms with van der Waals surface area (Å²) in [5, 5.41) is 0. The minimum Gasteiger partial charge on any atom is -0.263 e. The highest BCUT2D eigenvalue weighted by molar-refractivity contribution is 9.10. The number of rotatable bonds is 1. The molecular formula is C5H3BrClNO2S. The normalized spacial score (nSPS) is 11.5. The van der Waals surface area contributed by atoms with Crippen molar-refractivity contribution in [2.45, 2.75) is 4.90 Å². The third-order valence-corrected chi connectivity index (χ3v) is 3.30. The molecule has 0 saturated heterocycles. The monoisotopic (exact) mass is 255 g/mol. The molecule has 60 valence electrons. The standard InChI is InChI=1S/C5H3BrClNO2S/c6-4-1-2-8-3-5(4)11(7,9)10/h1-3H. The lowest BCUT2D eigenvalue weighted by Gasteiger charge is -1.96. The smallest absolute Gasteiger partial charge is 0.263 e. The fraction of sp³-hybridized carbons (Fsp3) is 0. The Kier molecular flexibility index (Phi) is 2.51. The van der Waals surface area contributed by atoms with Crippen molar-refractivity contribution in [2.75, 3.05) is 0 Å². The van der Waals surface area contributed by atoms with Gasteiger partial charge in [0.25, 0.3) is 9.05 Å². The minimum atomic E-state index is -3.67. The summed E-state index contributed by atoms with van der Waals surface area (Å²) >= 11 is 3.03. The average molecular weight is 257 g/mol. The third-order valence-electron chi connectivity index (χ3n) is 0.997. The lowest BCUT2D eigenvalue weighted by Crippen LogP contribution is -1.92. The van der Waals surface area contributed by atoms with Gasteiger partial charge in [-0.25, -0.2) is 8.42 Å². The molecule has 0 aliphatic heterocycles.